The summed E-state index contributed by atoms with van der Waals surface area (Å²) in [5.41, 5.74) is 1.88. The van der Waals surface area contributed by atoms with Crippen molar-refractivity contribution >= 4 is 16.3 Å². The lowest BCUT2D eigenvalue weighted by Crippen LogP contribution is -1.94. The first-order chi connectivity index (χ1) is 10.9. The molecular weight excluding hydrogens is 298 g/mol. The summed E-state index contributed by atoms with van der Waals surface area (Å²) in [5.74, 6) is 1.42. The van der Waals surface area contributed by atoms with Crippen molar-refractivity contribution in [2.45, 2.75) is 0 Å². The average Bonchev–Trinajstić information content (AvgIpc) is 3.16. The quantitative estimate of drug-likeness (QED) is 0.582. The van der Waals surface area contributed by atoms with Crippen molar-refractivity contribution in [3.63, 3.8) is 0 Å². The third-order valence-corrected chi connectivity index (χ3v) is 4.21. The first-order valence-electron chi connectivity index (χ1n) is 6.63. The van der Waals surface area contributed by atoms with Crippen LogP contribution in [0.15, 0.2) is 48.8 Å². The number of rotatable bonds is 3. The fourth-order valence-electron chi connectivity index (χ4n) is 2.23. The molecule has 0 aliphatic carbocycles. The van der Waals surface area contributed by atoms with Gasteiger partial charge in [-0.25, -0.2) is 0 Å². The summed E-state index contributed by atoms with van der Waals surface area (Å²) < 4.78 is 7.14. The number of benzene rings is 1. The molecule has 0 N–H and O–H groups in total. The number of methoxy groups -OCH3 is 1. The lowest BCUT2D eigenvalue weighted by atomic mass is 10.2. The summed E-state index contributed by atoms with van der Waals surface area (Å²) in [6, 6.07) is 11.6. The molecular formula is C15H11N5OS. The van der Waals surface area contributed by atoms with E-state index in [0.29, 0.717) is 5.82 Å². The monoisotopic (exact) mass is 309 g/mol. The zero-order valence-electron chi connectivity index (χ0n) is 11.7. The van der Waals surface area contributed by atoms with Gasteiger partial charge in [0, 0.05) is 18.0 Å². The van der Waals surface area contributed by atoms with Crippen LogP contribution in [0, 0.1) is 0 Å². The van der Waals surface area contributed by atoms with E-state index in [1.165, 1.54) is 11.3 Å². The maximum absolute atomic E-state index is 5.40. The average molecular weight is 309 g/mol. The van der Waals surface area contributed by atoms with Crippen molar-refractivity contribution in [3.05, 3.63) is 48.8 Å². The Morgan fingerprint density at radius 1 is 1.05 bits per heavy atom. The van der Waals surface area contributed by atoms with E-state index in [2.05, 4.69) is 20.3 Å². The normalized spacial score (nSPS) is 11.0. The molecule has 0 atom stereocenters. The van der Waals surface area contributed by atoms with Gasteiger partial charge in [-0.3, -0.25) is 4.98 Å². The SMILES string of the molecule is COc1ccccc1-c1nnc2sc(-c3ccncc3)nn12. The van der Waals surface area contributed by atoms with Gasteiger partial charge in [-0.2, -0.15) is 9.61 Å². The smallest absolute Gasteiger partial charge is 0.235 e. The summed E-state index contributed by atoms with van der Waals surface area (Å²) in [7, 11) is 1.64. The van der Waals surface area contributed by atoms with Crippen molar-refractivity contribution < 1.29 is 4.74 Å². The van der Waals surface area contributed by atoms with Crippen molar-refractivity contribution in [2.24, 2.45) is 0 Å². The Morgan fingerprint density at radius 3 is 2.68 bits per heavy atom. The highest BCUT2D eigenvalue weighted by atomic mass is 32.1. The van der Waals surface area contributed by atoms with Crippen LogP contribution < -0.4 is 4.74 Å². The second-order valence-electron chi connectivity index (χ2n) is 4.56. The van der Waals surface area contributed by atoms with Crippen LogP contribution >= 0.6 is 11.3 Å². The number of ether oxygens (including phenoxy) is 1. The van der Waals surface area contributed by atoms with Gasteiger partial charge in [0.1, 0.15) is 10.8 Å². The van der Waals surface area contributed by atoms with Crippen LogP contribution in [0.5, 0.6) is 5.75 Å². The Hall–Kier alpha value is -2.80. The van der Waals surface area contributed by atoms with Crippen LogP contribution in [0.3, 0.4) is 0 Å². The largest absolute Gasteiger partial charge is 0.496 e. The zero-order valence-corrected chi connectivity index (χ0v) is 12.5. The molecule has 22 heavy (non-hydrogen) atoms. The van der Waals surface area contributed by atoms with Crippen molar-refractivity contribution in [1.82, 2.24) is 24.8 Å². The predicted octanol–water partition coefficient (Wildman–Crippen LogP) is 2.92. The lowest BCUT2D eigenvalue weighted by molar-refractivity contribution is 0.416. The molecule has 4 rings (SSSR count). The minimum absolute atomic E-state index is 0.670. The number of pyridine rings is 1. The minimum Gasteiger partial charge on any atom is -0.496 e. The first-order valence-corrected chi connectivity index (χ1v) is 7.44. The zero-order chi connectivity index (χ0) is 14.9. The molecule has 1 aromatic carbocycles. The van der Waals surface area contributed by atoms with E-state index < -0.39 is 0 Å². The van der Waals surface area contributed by atoms with Crippen molar-refractivity contribution in [3.8, 4) is 27.7 Å². The summed E-state index contributed by atoms with van der Waals surface area (Å²) in [6.07, 6.45) is 3.50. The third-order valence-electron chi connectivity index (χ3n) is 3.27. The first kappa shape index (κ1) is 12.9. The number of aromatic nitrogens is 5. The fourth-order valence-corrected chi connectivity index (χ4v) is 3.07. The van der Waals surface area contributed by atoms with Crippen molar-refractivity contribution in [1.29, 1.82) is 0 Å². The molecule has 0 unspecified atom stereocenters. The molecule has 7 heteroatoms. The molecule has 0 bridgehead atoms. The van der Waals surface area contributed by atoms with Gasteiger partial charge in [-0.1, -0.05) is 23.5 Å². The van der Waals surface area contributed by atoms with E-state index in [9.17, 15) is 0 Å². The Balaban J connectivity index is 1.88. The fraction of sp³-hybridized carbons (Fsp3) is 0.0667. The molecule has 0 radical (unpaired) electrons. The Labute approximate surface area is 130 Å². The number of hydrogen-bond acceptors (Lipinski definition) is 6. The number of nitrogens with zero attached hydrogens (tertiary/aromatic N) is 5. The molecule has 0 spiro atoms. The molecule has 108 valence electrons. The minimum atomic E-state index is 0.670. The van der Waals surface area contributed by atoms with Gasteiger partial charge in [0.15, 0.2) is 5.82 Å². The molecule has 0 aliphatic heterocycles. The summed E-state index contributed by atoms with van der Waals surface area (Å²) >= 11 is 1.49. The van der Waals surface area contributed by atoms with E-state index in [-0.39, 0.29) is 0 Å². The topological polar surface area (TPSA) is 65.2 Å². The molecule has 0 amide bonds. The van der Waals surface area contributed by atoms with Crippen LogP contribution in [0.1, 0.15) is 0 Å². The van der Waals surface area contributed by atoms with Crippen molar-refractivity contribution in [2.75, 3.05) is 7.11 Å². The van der Waals surface area contributed by atoms with Crippen LogP contribution in [-0.4, -0.2) is 31.9 Å². The van der Waals surface area contributed by atoms with Crippen LogP contribution in [0.4, 0.5) is 0 Å². The number of fused-ring (bicyclic) bond motifs is 1. The second-order valence-corrected chi connectivity index (χ2v) is 5.52. The molecule has 0 fully saturated rings. The van der Waals surface area contributed by atoms with E-state index in [4.69, 9.17) is 4.74 Å². The summed E-state index contributed by atoms with van der Waals surface area (Å²) in [5, 5.41) is 14.0. The van der Waals surface area contributed by atoms with Gasteiger partial charge < -0.3 is 4.74 Å². The molecule has 6 nitrogen and oxygen atoms in total. The van der Waals surface area contributed by atoms with Gasteiger partial charge in [0.05, 0.1) is 12.7 Å². The predicted molar refractivity (Wildman–Crippen MR) is 83.9 cm³/mol. The van der Waals surface area contributed by atoms with Crippen LogP contribution in [0.2, 0.25) is 0 Å². The highest BCUT2D eigenvalue weighted by Gasteiger charge is 2.16. The van der Waals surface area contributed by atoms with E-state index >= 15 is 0 Å². The molecule has 3 heterocycles. The van der Waals surface area contributed by atoms with Gasteiger partial charge in [-0.05, 0) is 24.3 Å². The van der Waals surface area contributed by atoms with Gasteiger partial charge in [-0.15, -0.1) is 10.2 Å². The molecule has 0 saturated carbocycles. The van der Waals surface area contributed by atoms with E-state index in [1.54, 1.807) is 24.0 Å². The summed E-state index contributed by atoms with van der Waals surface area (Å²) in [6.45, 7) is 0. The molecule has 4 aromatic rings. The number of hydrogen-bond donors (Lipinski definition) is 0. The van der Waals surface area contributed by atoms with Gasteiger partial charge in [0.25, 0.3) is 0 Å². The highest BCUT2D eigenvalue weighted by molar-refractivity contribution is 7.19. The highest BCUT2D eigenvalue weighted by Crippen LogP contribution is 2.31. The maximum Gasteiger partial charge on any atom is 0.235 e. The molecule has 0 saturated heterocycles. The van der Waals surface area contributed by atoms with Gasteiger partial charge in [0.2, 0.25) is 4.96 Å². The molecule has 0 aliphatic rings. The Bertz CT molecular complexity index is 931. The maximum atomic E-state index is 5.40. The Morgan fingerprint density at radius 2 is 1.86 bits per heavy atom. The van der Waals surface area contributed by atoms with E-state index in [1.807, 2.05) is 36.4 Å². The Kier molecular flexibility index (Phi) is 3.05. The summed E-state index contributed by atoms with van der Waals surface area (Å²) in [4.78, 5) is 4.77. The second kappa shape index (κ2) is 5.19. The molecule has 3 aromatic heterocycles. The lowest BCUT2D eigenvalue weighted by Gasteiger charge is -2.04. The standard InChI is InChI=1S/C15H11N5OS/c1-21-12-5-3-2-4-11(12)13-17-18-15-20(13)19-14(22-15)10-6-8-16-9-7-10/h2-9H,1H3. The third kappa shape index (κ3) is 2.03. The van der Waals surface area contributed by atoms with Gasteiger partial charge >= 0.3 is 0 Å². The van der Waals surface area contributed by atoms with Crippen LogP contribution in [-0.2, 0) is 0 Å². The number of para-hydroxylation sites is 1. The van der Waals surface area contributed by atoms with E-state index in [0.717, 1.165) is 26.8 Å². The van der Waals surface area contributed by atoms with Crippen LogP contribution in [0.25, 0.3) is 26.9 Å².